The van der Waals surface area contributed by atoms with Crippen LogP contribution in [0.25, 0.3) is 22.3 Å². The summed E-state index contributed by atoms with van der Waals surface area (Å²) in [5.74, 6) is -0.985. The highest BCUT2D eigenvalue weighted by Gasteiger charge is 2.35. The summed E-state index contributed by atoms with van der Waals surface area (Å²) in [6.45, 7) is 7.40. The van der Waals surface area contributed by atoms with Crippen LogP contribution in [0.5, 0.6) is 0 Å². The molecule has 11 heteroatoms. The minimum Gasteiger partial charge on any atom is -0.351 e. The Morgan fingerprint density at radius 1 is 0.846 bits per heavy atom. The molecular weight excluding hydrogens is 656 g/mol. The summed E-state index contributed by atoms with van der Waals surface area (Å²) in [4.78, 5) is 50.6. The quantitative estimate of drug-likeness (QED) is 0.125. The Kier molecular flexibility index (Phi) is 10.1. The van der Waals surface area contributed by atoms with Gasteiger partial charge in [-0.25, -0.2) is 14.4 Å². The molecule has 4 aromatic heterocycles. The molecule has 3 N–H and O–H groups in total. The van der Waals surface area contributed by atoms with E-state index in [9.17, 15) is 14.0 Å². The number of nitrogens with one attached hydrogen (secondary N) is 3. The summed E-state index contributed by atoms with van der Waals surface area (Å²) in [6, 6.07) is 21.3. The lowest BCUT2D eigenvalue weighted by Gasteiger charge is -2.42. The van der Waals surface area contributed by atoms with Crippen molar-refractivity contribution in [2.24, 2.45) is 0 Å². The van der Waals surface area contributed by atoms with Gasteiger partial charge in [-0.2, -0.15) is 0 Å². The van der Waals surface area contributed by atoms with Crippen LogP contribution in [0.1, 0.15) is 86.7 Å². The Hall–Kier alpha value is -5.81. The SMILES string of the molecule is Cc1cccnc1[C@H]1CCC[C@@H](c2ncccc2C)N1CCCNC(=O)c1cc2c(-c3cccc(NC(=O)c4ccc(F)cc4)c3C)ncnc2[nH]1. The van der Waals surface area contributed by atoms with Crippen molar-refractivity contribution in [3.63, 3.8) is 0 Å². The van der Waals surface area contributed by atoms with Gasteiger partial charge >= 0.3 is 0 Å². The highest BCUT2D eigenvalue weighted by Crippen LogP contribution is 2.42. The number of benzene rings is 2. The van der Waals surface area contributed by atoms with E-state index >= 15 is 0 Å². The van der Waals surface area contributed by atoms with E-state index in [1.54, 1.807) is 12.1 Å². The summed E-state index contributed by atoms with van der Waals surface area (Å²) in [5, 5.41) is 6.71. The predicted molar refractivity (Wildman–Crippen MR) is 199 cm³/mol. The van der Waals surface area contributed by atoms with Gasteiger partial charge in [-0.1, -0.05) is 24.3 Å². The van der Waals surface area contributed by atoms with E-state index in [-0.39, 0.29) is 23.9 Å². The number of halogens is 1. The summed E-state index contributed by atoms with van der Waals surface area (Å²) in [5.41, 5.74) is 8.65. The molecule has 7 rings (SSSR count). The van der Waals surface area contributed by atoms with Crippen molar-refractivity contribution in [1.82, 2.24) is 35.1 Å². The van der Waals surface area contributed by atoms with Crippen molar-refractivity contribution in [3.8, 4) is 11.3 Å². The van der Waals surface area contributed by atoms with Gasteiger partial charge in [0.25, 0.3) is 11.8 Å². The number of likely N-dealkylation sites (tertiary alicyclic amines) is 1. The second kappa shape index (κ2) is 15.2. The fourth-order valence-electron chi connectivity index (χ4n) is 7.31. The number of carbonyl (C=O) groups excluding carboxylic acids is 2. The molecule has 52 heavy (non-hydrogen) atoms. The molecule has 2 atom stereocenters. The molecule has 0 aliphatic carbocycles. The summed E-state index contributed by atoms with van der Waals surface area (Å²) in [6.07, 6.45) is 9.09. The van der Waals surface area contributed by atoms with Crippen molar-refractivity contribution in [2.45, 2.75) is 58.5 Å². The van der Waals surface area contributed by atoms with E-state index in [4.69, 9.17) is 9.97 Å². The third kappa shape index (κ3) is 7.17. The van der Waals surface area contributed by atoms with E-state index in [1.165, 1.54) is 41.7 Å². The summed E-state index contributed by atoms with van der Waals surface area (Å²) < 4.78 is 13.4. The maximum absolute atomic E-state index is 13.5. The van der Waals surface area contributed by atoms with Crippen LogP contribution in [0, 0.1) is 26.6 Å². The van der Waals surface area contributed by atoms with Crippen LogP contribution >= 0.6 is 0 Å². The number of H-pyrrole nitrogens is 1. The Morgan fingerprint density at radius 2 is 1.54 bits per heavy atom. The molecule has 10 nitrogen and oxygen atoms in total. The average molecular weight is 697 g/mol. The molecule has 6 aromatic rings. The van der Waals surface area contributed by atoms with Crippen LogP contribution in [0.2, 0.25) is 0 Å². The fourth-order valence-corrected chi connectivity index (χ4v) is 7.31. The second-order valence-corrected chi connectivity index (χ2v) is 13.3. The van der Waals surface area contributed by atoms with Crippen molar-refractivity contribution < 1.29 is 14.0 Å². The number of anilines is 1. The second-order valence-electron chi connectivity index (χ2n) is 13.3. The smallest absolute Gasteiger partial charge is 0.267 e. The largest absolute Gasteiger partial charge is 0.351 e. The van der Waals surface area contributed by atoms with Gasteiger partial charge in [0.2, 0.25) is 0 Å². The van der Waals surface area contributed by atoms with E-state index in [2.05, 4.69) is 56.5 Å². The first-order valence-corrected chi connectivity index (χ1v) is 17.7. The number of piperidine rings is 1. The fraction of sp³-hybridized carbons (Fsp3) is 0.268. The third-order valence-electron chi connectivity index (χ3n) is 9.98. The standard InChI is InChI=1S/C41H41FN8O2/c1-25-9-6-19-43-36(25)34-13-5-14-35(37-26(2)10-7-20-44-37)50(34)22-8-21-45-41(52)33-23-31-38(46-24-47-39(31)48-33)30-11-4-12-32(27(30)3)49-40(51)28-15-17-29(42)18-16-28/h4,6-7,9-12,15-20,23-24,34-35H,5,8,13-14,21-22H2,1-3H3,(H,45,52)(H,49,51)(H,46,47,48)/t34-,35+. The first-order chi connectivity index (χ1) is 25.3. The number of aromatic nitrogens is 5. The summed E-state index contributed by atoms with van der Waals surface area (Å²) >= 11 is 0. The molecular formula is C41H41FN8O2. The molecule has 5 heterocycles. The van der Waals surface area contributed by atoms with E-state index in [0.717, 1.165) is 54.7 Å². The normalized spacial score (nSPS) is 16.2. The predicted octanol–water partition coefficient (Wildman–Crippen LogP) is 7.82. The Bertz CT molecular complexity index is 2180. The average Bonchev–Trinajstić information content (AvgIpc) is 3.60. The van der Waals surface area contributed by atoms with Crippen molar-refractivity contribution in [1.29, 1.82) is 0 Å². The van der Waals surface area contributed by atoms with Crippen LogP contribution in [0.15, 0.2) is 91.5 Å². The lowest BCUT2D eigenvalue weighted by Crippen LogP contribution is -2.39. The van der Waals surface area contributed by atoms with Crippen LogP contribution in [-0.4, -0.2) is 54.7 Å². The van der Waals surface area contributed by atoms with Gasteiger partial charge in [0.1, 0.15) is 23.5 Å². The molecule has 0 saturated carbocycles. The zero-order chi connectivity index (χ0) is 36.2. The van der Waals surface area contributed by atoms with Crippen LogP contribution < -0.4 is 10.6 Å². The number of hydrogen-bond donors (Lipinski definition) is 3. The Morgan fingerprint density at radius 3 is 2.21 bits per heavy atom. The molecule has 1 fully saturated rings. The number of amides is 2. The van der Waals surface area contributed by atoms with E-state index in [0.29, 0.717) is 40.2 Å². The molecule has 1 aliphatic rings. The highest BCUT2D eigenvalue weighted by molar-refractivity contribution is 6.06. The molecule has 0 unspecified atom stereocenters. The van der Waals surface area contributed by atoms with Gasteiger partial charge in [0.15, 0.2) is 0 Å². The van der Waals surface area contributed by atoms with Gasteiger partial charge in [-0.3, -0.25) is 24.5 Å². The van der Waals surface area contributed by atoms with Crippen molar-refractivity contribution in [3.05, 3.63) is 137 Å². The number of fused-ring (bicyclic) bond motifs is 1. The van der Waals surface area contributed by atoms with Gasteiger partial charge in [0, 0.05) is 47.7 Å². The van der Waals surface area contributed by atoms with Gasteiger partial charge in [0.05, 0.1) is 29.2 Å². The number of hydrogen-bond acceptors (Lipinski definition) is 7. The number of rotatable bonds is 10. The Balaban J connectivity index is 1.06. The lowest BCUT2D eigenvalue weighted by molar-refractivity contribution is 0.0740. The number of aromatic amines is 1. The maximum Gasteiger partial charge on any atom is 0.267 e. The van der Waals surface area contributed by atoms with Gasteiger partial charge < -0.3 is 15.6 Å². The number of nitrogens with zero attached hydrogens (tertiary/aromatic N) is 5. The van der Waals surface area contributed by atoms with E-state index in [1.807, 2.05) is 43.6 Å². The first kappa shape index (κ1) is 34.6. The molecule has 0 radical (unpaired) electrons. The summed E-state index contributed by atoms with van der Waals surface area (Å²) in [7, 11) is 0. The van der Waals surface area contributed by atoms with Crippen LogP contribution in [0.4, 0.5) is 10.1 Å². The zero-order valence-electron chi connectivity index (χ0n) is 29.5. The number of carbonyl (C=O) groups is 2. The van der Waals surface area contributed by atoms with Crippen molar-refractivity contribution >= 4 is 28.5 Å². The minimum absolute atomic E-state index is 0.168. The lowest BCUT2D eigenvalue weighted by atomic mass is 9.88. The molecule has 0 spiro atoms. The van der Waals surface area contributed by atoms with E-state index < -0.39 is 5.82 Å². The molecule has 2 aromatic carbocycles. The van der Waals surface area contributed by atoms with Crippen LogP contribution in [-0.2, 0) is 0 Å². The number of aryl methyl sites for hydroxylation is 2. The monoisotopic (exact) mass is 696 g/mol. The molecule has 2 amide bonds. The maximum atomic E-state index is 13.5. The van der Waals surface area contributed by atoms with Crippen molar-refractivity contribution in [2.75, 3.05) is 18.4 Å². The molecule has 264 valence electrons. The van der Waals surface area contributed by atoms with Crippen LogP contribution in [0.3, 0.4) is 0 Å². The molecule has 1 saturated heterocycles. The molecule has 1 aliphatic heterocycles. The topological polar surface area (TPSA) is 129 Å². The highest BCUT2D eigenvalue weighted by atomic mass is 19.1. The first-order valence-electron chi connectivity index (χ1n) is 17.7. The van der Waals surface area contributed by atoms with Gasteiger partial charge in [-0.05, 0) is 112 Å². The number of pyridine rings is 2. The minimum atomic E-state index is -0.408. The Labute approximate surface area is 302 Å². The third-order valence-corrected chi connectivity index (χ3v) is 9.98. The molecule has 0 bridgehead atoms. The zero-order valence-corrected chi connectivity index (χ0v) is 29.5. The van der Waals surface area contributed by atoms with Gasteiger partial charge in [-0.15, -0.1) is 0 Å².